The smallest absolute Gasteiger partial charge is 0.265 e. The molecule has 0 spiro atoms. The van der Waals surface area contributed by atoms with Gasteiger partial charge in [-0.25, -0.2) is 9.67 Å². The zero-order valence-electron chi connectivity index (χ0n) is 10.6. The number of hydrogen-bond acceptors (Lipinski definition) is 3. The van der Waals surface area contributed by atoms with Crippen molar-refractivity contribution in [2.45, 2.75) is 33.1 Å². The Labute approximate surface area is 108 Å². The van der Waals surface area contributed by atoms with Crippen molar-refractivity contribution < 1.29 is 13.2 Å². The predicted molar refractivity (Wildman–Crippen MR) is 61.2 cm³/mol. The molecule has 0 radical (unpaired) electrons. The third-order valence-electron chi connectivity index (χ3n) is 2.47. The molecular formula is C11H14F3N5. The average molecular weight is 273 g/mol. The molecule has 2 rings (SSSR count). The maximum absolute atomic E-state index is 12.4. The van der Waals surface area contributed by atoms with Gasteiger partial charge in [0, 0.05) is 12.7 Å². The fraction of sp³-hybridized carbons (Fsp3) is 0.545. The van der Waals surface area contributed by atoms with E-state index >= 15 is 0 Å². The van der Waals surface area contributed by atoms with Gasteiger partial charge in [-0.15, -0.1) is 0 Å². The van der Waals surface area contributed by atoms with E-state index in [1.165, 1.54) is 17.2 Å². The highest BCUT2D eigenvalue weighted by Crippen LogP contribution is 2.27. The van der Waals surface area contributed by atoms with Crippen LogP contribution in [-0.4, -0.2) is 24.5 Å². The minimum atomic E-state index is -4.42. The van der Waals surface area contributed by atoms with E-state index in [1.54, 1.807) is 4.68 Å². The fourth-order valence-electron chi connectivity index (χ4n) is 1.65. The van der Waals surface area contributed by atoms with Crippen molar-refractivity contribution >= 4 is 0 Å². The van der Waals surface area contributed by atoms with Crippen LogP contribution in [-0.2, 0) is 19.3 Å². The van der Waals surface area contributed by atoms with Crippen LogP contribution >= 0.6 is 0 Å². The van der Waals surface area contributed by atoms with E-state index in [9.17, 15) is 13.2 Å². The molecule has 0 saturated carbocycles. The number of hydrogen-bond donors (Lipinski definition) is 0. The molecular weight excluding hydrogens is 259 g/mol. The zero-order chi connectivity index (χ0) is 14.0. The van der Waals surface area contributed by atoms with Crippen LogP contribution in [0.4, 0.5) is 13.2 Å². The van der Waals surface area contributed by atoms with E-state index in [2.05, 4.69) is 15.2 Å². The summed E-state index contributed by atoms with van der Waals surface area (Å²) < 4.78 is 40.2. The number of alkyl halides is 3. The molecule has 19 heavy (non-hydrogen) atoms. The van der Waals surface area contributed by atoms with E-state index < -0.39 is 11.9 Å². The highest BCUT2D eigenvalue weighted by atomic mass is 19.4. The van der Waals surface area contributed by atoms with Crippen molar-refractivity contribution in [3.05, 3.63) is 30.1 Å². The first-order valence-corrected chi connectivity index (χ1v) is 5.83. The van der Waals surface area contributed by atoms with Crippen molar-refractivity contribution in [2.24, 2.45) is 5.92 Å². The lowest BCUT2D eigenvalue weighted by Crippen LogP contribution is -2.14. The molecule has 0 atom stereocenters. The summed E-state index contributed by atoms with van der Waals surface area (Å²) in [7, 11) is 0. The number of nitrogens with zero attached hydrogens (tertiary/aromatic N) is 5. The second kappa shape index (κ2) is 5.02. The SMILES string of the molecule is CC(C)Cn1ncnc1Cn1ccc(C(F)(F)F)n1. The van der Waals surface area contributed by atoms with E-state index in [0.29, 0.717) is 18.3 Å². The van der Waals surface area contributed by atoms with Crippen molar-refractivity contribution in [3.63, 3.8) is 0 Å². The van der Waals surface area contributed by atoms with E-state index in [1.807, 2.05) is 13.8 Å². The molecule has 0 aliphatic carbocycles. The van der Waals surface area contributed by atoms with Gasteiger partial charge in [0.25, 0.3) is 0 Å². The second-order valence-corrected chi connectivity index (χ2v) is 4.65. The lowest BCUT2D eigenvalue weighted by atomic mass is 10.2. The molecule has 104 valence electrons. The third-order valence-corrected chi connectivity index (χ3v) is 2.47. The van der Waals surface area contributed by atoms with Gasteiger partial charge in [0.15, 0.2) is 5.69 Å². The van der Waals surface area contributed by atoms with Crippen LogP contribution in [0.3, 0.4) is 0 Å². The minimum absolute atomic E-state index is 0.169. The van der Waals surface area contributed by atoms with Gasteiger partial charge in [0.05, 0.1) is 0 Å². The van der Waals surface area contributed by atoms with Gasteiger partial charge in [0.1, 0.15) is 18.7 Å². The molecule has 0 fully saturated rings. The Bertz CT molecular complexity index is 541. The molecule has 2 aromatic rings. The first-order chi connectivity index (χ1) is 8.86. The topological polar surface area (TPSA) is 48.5 Å². The maximum atomic E-state index is 12.4. The van der Waals surface area contributed by atoms with Gasteiger partial charge >= 0.3 is 6.18 Å². The van der Waals surface area contributed by atoms with Gasteiger partial charge < -0.3 is 0 Å². The monoisotopic (exact) mass is 273 g/mol. The van der Waals surface area contributed by atoms with Crippen molar-refractivity contribution in [3.8, 4) is 0 Å². The van der Waals surface area contributed by atoms with Crippen molar-refractivity contribution in [1.82, 2.24) is 24.5 Å². The number of halogens is 3. The van der Waals surface area contributed by atoms with Gasteiger partial charge in [0.2, 0.25) is 0 Å². The molecule has 2 aromatic heterocycles. The molecule has 2 heterocycles. The molecule has 8 heteroatoms. The summed E-state index contributed by atoms with van der Waals surface area (Å²) in [6.45, 7) is 4.90. The molecule has 0 amide bonds. The van der Waals surface area contributed by atoms with E-state index in [-0.39, 0.29) is 6.54 Å². The Morgan fingerprint density at radius 3 is 2.63 bits per heavy atom. The Morgan fingerprint density at radius 2 is 2.05 bits per heavy atom. The van der Waals surface area contributed by atoms with Gasteiger partial charge in [-0.3, -0.25) is 4.68 Å². The second-order valence-electron chi connectivity index (χ2n) is 4.65. The summed E-state index contributed by atoms with van der Waals surface area (Å²) in [5.74, 6) is 0.967. The van der Waals surface area contributed by atoms with Crippen LogP contribution in [0, 0.1) is 5.92 Å². The summed E-state index contributed by atoms with van der Waals surface area (Å²) >= 11 is 0. The average Bonchev–Trinajstić information content (AvgIpc) is 2.88. The predicted octanol–water partition coefficient (Wildman–Crippen LogP) is 2.20. The highest BCUT2D eigenvalue weighted by Gasteiger charge is 2.33. The van der Waals surface area contributed by atoms with Crippen molar-refractivity contribution in [2.75, 3.05) is 0 Å². The first-order valence-electron chi connectivity index (χ1n) is 5.83. The molecule has 0 saturated heterocycles. The largest absolute Gasteiger partial charge is 0.435 e. The quantitative estimate of drug-likeness (QED) is 0.858. The Hall–Kier alpha value is -1.86. The van der Waals surface area contributed by atoms with Gasteiger partial charge in [-0.2, -0.15) is 23.4 Å². The standard InChI is InChI=1S/C11H14F3N5/c1-8(2)5-19-10(15-7-16-19)6-18-4-3-9(17-18)11(12,13)14/h3-4,7-8H,5-6H2,1-2H3. The molecule has 0 unspecified atom stereocenters. The minimum Gasteiger partial charge on any atom is -0.265 e. The normalized spacial score (nSPS) is 12.3. The van der Waals surface area contributed by atoms with E-state index in [0.717, 1.165) is 6.07 Å². The zero-order valence-corrected chi connectivity index (χ0v) is 10.6. The molecule has 5 nitrogen and oxygen atoms in total. The van der Waals surface area contributed by atoms with Gasteiger partial charge in [-0.05, 0) is 12.0 Å². The third kappa shape index (κ3) is 3.33. The molecule has 0 bridgehead atoms. The van der Waals surface area contributed by atoms with E-state index in [4.69, 9.17) is 0 Å². The molecule has 0 N–H and O–H groups in total. The Kier molecular flexibility index (Phi) is 3.59. The highest BCUT2D eigenvalue weighted by molar-refractivity contribution is 5.04. The lowest BCUT2D eigenvalue weighted by molar-refractivity contribution is -0.141. The summed E-state index contributed by atoms with van der Waals surface area (Å²) in [6.07, 6.45) is -1.74. The van der Waals surface area contributed by atoms with Crippen LogP contribution in [0.25, 0.3) is 0 Å². The number of rotatable bonds is 4. The van der Waals surface area contributed by atoms with Crippen LogP contribution in [0.15, 0.2) is 18.6 Å². The maximum Gasteiger partial charge on any atom is 0.435 e. The van der Waals surface area contributed by atoms with Crippen LogP contribution in [0.5, 0.6) is 0 Å². The van der Waals surface area contributed by atoms with Gasteiger partial charge in [-0.1, -0.05) is 13.8 Å². The fourth-order valence-corrected chi connectivity index (χ4v) is 1.65. The Balaban J connectivity index is 2.13. The first kappa shape index (κ1) is 13.6. The summed E-state index contributed by atoms with van der Waals surface area (Å²) in [5, 5.41) is 7.54. The number of aromatic nitrogens is 5. The van der Waals surface area contributed by atoms with Crippen LogP contribution in [0.1, 0.15) is 25.4 Å². The van der Waals surface area contributed by atoms with Crippen LogP contribution < -0.4 is 0 Å². The summed E-state index contributed by atoms with van der Waals surface area (Å²) in [6, 6.07) is 0.948. The lowest BCUT2D eigenvalue weighted by Gasteiger charge is -2.08. The summed E-state index contributed by atoms with van der Waals surface area (Å²) in [4.78, 5) is 4.05. The molecule has 0 aliphatic rings. The molecule has 0 aliphatic heterocycles. The summed E-state index contributed by atoms with van der Waals surface area (Å²) in [5.41, 5.74) is -0.901. The van der Waals surface area contributed by atoms with Crippen molar-refractivity contribution in [1.29, 1.82) is 0 Å². The Morgan fingerprint density at radius 1 is 1.32 bits per heavy atom. The van der Waals surface area contributed by atoms with Crippen LogP contribution in [0.2, 0.25) is 0 Å². The molecule has 0 aromatic carbocycles.